The molecule has 3 N–H and O–H groups in total. The van der Waals surface area contributed by atoms with E-state index in [0.717, 1.165) is 31.0 Å². The summed E-state index contributed by atoms with van der Waals surface area (Å²) >= 11 is 0. The van der Waals surface area contributed by atoms with E-state index in [1.54, 1.807) is 0 Å². The SMILES string of the molecule is CCNC(=NCCC(=O)NCc1ccccc1)N1CCC(NC(=O)OC(C)(C)C)C1.I. The minimum Gasteiger partial charge on any atom is -0.444 e. The Morgan fingerprint density at radius 3 is 2.55 bits per heavy atom. The molecule has 1 fully saturated rings. The predicted octanol–water partition coefficient (Wildman–Crippen LogP) is 2.88. The Morgan fingerprint density at radius 1 is 1.19 bits per heavy atom. The molecule has 1 saturated heterocycles. The molecule has 2 rings (SSSR count). The highest BCUT2D eigenvalue weighted by molar-refractivity contribution is 14.0. The number of rotatable bonds is 7. The second kappa shape index (κ2) is 13.4. The Hall–Kier alpha value is -2.04. The van der Waals surface area contributed by atoms with Gasteiger partial charge in [-0.25, -0.2) is 4.79 Å². The van der Waals surface area contributed by atoms with Crippen molar-refractivity contribution in [2.45, 2.75) is 58.7 Å². The lowest BCUT2D eigenvalue weighted by Gasteiger charge is -2.23. The number of carbonyl (C=O) groups excluding carboxylic acids is 2. The third-order valence-electron chi connectivity index (χ3n) is 4.48. The van der Waals surface area contributed by atoms with Gasteiger partial charge in [0.05, 0.1) is 12.6 Å². The average Bonchev–Trinajstić information content (AvgIpc) is 3.13. The molecule has 2 amide bonds. The quantitative estimate of drug-likeness (QED) is 0.278. The number of alkyl carbamates (subject to hydrolysis) is 1. The normalized spacial score (nSPS) is 16.3. The van der Waals surface area contributed by atoms with Gasteiger partial charge in [0.25, 0.3) is 0 Å². The molecule has 1 unspecified atom stereocenters. The summed E-state index contributed by atoms with van der Waals surface area (Å²) in [5.41, 5.74) is 0.558. The van der Waals surface area contributed by atoms with Crippen LogP contribution in [0.15, 0.2) is 35.3 Å². The largest absolute Gasteiger partial charge is 0.444 e. The van der Waals surface area contributed by atoms with E-state index in [1.807, 2.05) is 58.0 Å². The molecule has 1 heterocycles. The lowest BCUT2D eigenvalue weighted by molar-refractivity contribution is -0.121. The molecule has 1 atom stereocenters. The van der Waals surface area contributed by atoms with Crippen molar-refractivity contribution in [1.82, 2.24) is 20.9 Å². The number of nitrogens with one attached hydrogen (secondary N) is 3. The second-order valence-corrected chi connectivity index (χ2v) is 8.33. The summed E-state index contributed by atoms with van der Waals surface area (Å²) in [7, 11) is 0. The molecule has 1 aromatic carbocycles. The van der Waals surface area contributed by atoms with Crippen LogP contribution in [0.5, 0.6) is 0 Å². The van der Waals surface area contributed by atoms with Gasteiger partial charge in [-0.2, -0.15) is 0 Å². The summed E-state index contributed by atoms with van der Waals surface area (Å²) in [6.45, 7) is 10.7. The van der Waals surface area contributed by atoms with Crippen molar-refractivity contribution in [3.8, 4) is 0 Å². The number of hydrogen-bond acceptors (Lipinski definition) is 4. The highest BCUT2D eigenvalue weighted by Crippen LogP contribution is 2.12. The first-order valence-electron chi connectivity index (χ1n) is 10.6. The summed E-state index contributed by atoms with van der Waals surface area (Å²) < 4.78 is 5.33. The molecular weight excluding hydrogens is 509 g/mol. The molecule has 0 aromatic heterocycles. The van der Waals surface area contributed by atoms with Gasteiger partial charge < -0.3 is 25.6 Å². The Labute approximate surface area is 202 Å². The lowest BCUT2D eigenvalue weighted by Crippen LogP contribution is -2.44. The minimum absolute atomic E-state index is 0. The van der Waals surface area contributed by atoms with Crippen molar-refractivity contribution in [3.63, 3.8) is 0 Å². The highest BCUT2D eigenvalue weighted by atomic mass is 127. The number of ether oxygens (including phenoxy) is 1. The molecule has 0 spiro atoms. The number of hydrogen-bond donors (Lipinski definition) is 3. The van der Waals surface area contributed by atoms with Crippen LogP contribution in [0.1, 0.15) is 46.1 Å². The average molecular weight is 545 g/mol. The first-order chi connectivity index (χ1) is 14.3. The van der Waals surface area contributed by atoms with Crippen molar-refractivity contribution >= 4 is 41.9 Å². The fourth-order valence-electron chi connectivity index (χ4n) is 3.12. The van der Waals surface area contributed by atoms with Gasteiger partial charge in [0.2, 0.25) is 5.91 Å². The molecule has 1 aliphatic heterocycles. The molecule has 0 saturated carbocycles. The minimum atomic E-state index is -0.514. The van der Waals surface area contributed by atoms with Gasteiger partial charge in [-0.05, 0) is 39.7 Å². The standard InChI is InChI=1S/C22H35N5O3.HI/c1-5-23-20(24-13-11-19(28)25-15-17-9-7-6-8-10-17)27-14-12-18(16-27)26-21(29)30-22(2,3)4;/h6-10,18H,5,11-16H2,1-4H3,(H,23,24)(H,25,28)(H,26,29);1H. The van der Waals surface area contributed by atoms with Gasteiger partial charge in [0.1, 0.15) is 5.60 Å². The maximum absolute atomic E-state index is 12.1. The first-order valence-corrected chi connectivity index (χ1v) is 10.6. The zero-order chi connectivity index (χ0) is 22.0. The molecule has 31 heavy (non-hydrogen) atoms. The van der Waals surface area contributed by atoms with Gasteiger partial charge in [-0.1, -0.05) is 30.3 Å². The summed E-state index contributed by atoms with van der Waals surface area (Å²) in [4.78, 5) is 30.8. The van der Waals surface area contributed by atoms with E-state index in [1.165, 1.54) is 0 Å². The van der Waals surface area contributed by atoms with Gasteiger partial charge >= 0.3 is 6.09 Å². The molecule has 1 aromatic rings. The van der Waals surface area contributed by atoms with Crippen LogP contribution in [0.2, 0.25) is 0 Å². The van der Waals surface area contributed by atoms with E-state index < -0.39 is 11.7 Å². The Bertz CT molecular complexity index is 722. The van der Waals surface area contributed by atoms with E-state index in [2.05, 4.69) is 25.8 Å². The number of carbonyl (C=O) groups is 2. The number of aliphatic imine (C=N–C) groups is 1. The van der Waals surface area contributed by atoms with E-state index in [-0.39, 0.29) is 35.9 Å². The monoisotopic (exact) mass is 545 g/mol. The first kappa shape index (κ1) is 27.0. The summed E-state index contributed by atoms with van der Waals surface area (Å²) in [5.74, 6) is 0.742. The van der Waals surface area contributed by atoms with Gasteiger partial charge in [-0.15, -0.1) is 24.0 Å². The van der Waals surface area contributed by atoms with E-state index >= 15 is 0 Å². The molecule has 8 nitrogen and oxygen atoms in total. The van der Waals surface area contributed by atoms with Gasteiger partial charge in [0.15, 0.2) is 5.96 Å². The number of guanidine groups is 1. The molecule has 0 radical (unpaired) electrons. The molecule has 0 aliphatic carbocycles. The van der Waals surface area contributed by atoms with Crippen LogP contribution >= 0.6 is 24.0 Å². The fourth-order valence-corrected chi connectivity index (χ4v) is 3.12. The predicted molar refractivity (Wildman–Crippen MR) is 134 cm³/mol. The Morgan fingerprint density at radius 2 is 1.90 bits per heavy atom. The number of benzene rings is 1. The zero-order valence-electron chi connectivity index (χ0n) is 18.9. The van der Waals surface area contributed by atoms with Crippen molar-refractivity contribution in [2.75, 3.05) is 26.2 Å². The van der Waals surface area contributed by atoms with Gasteiger partial charge in [-0.3, -0.25) is 9.79 Å². The maximum atomic E-state index is 12.1. The number of halogens is 1. The Kier molecular flexibility index (Phi) is 11.7. The number of nitrogens with zero attached hydrogens (tertiary/aromatic N) is 2. The van der Waals surface area contributed by atoms with Gasteiger partial charge in [0, 0.05) is 32.6 Å². The molecule has 1 aliphatic rings. The molecule has 0 bridgehead atoms. The topological polar surface area (TPSA) is 95.1 Å². The molecular formula is C22H36IN5O3. The summed E-state index contributed by atoms with van der Waals surface area (Å²) in [6.07, 6.45) is 0.752. The number of likely N-dealkylation sites (tertiary alicyclic amines) is 1. The van der Waals surface area contributed by atoms with E-state index in [0.29, 0.717) is 26.1 Å². The van der Waals surface area contributed by atoms with E-state index in [9.17, 15) is 9.59 Å². The third-order valence-corrected chi connectivity index (χ3v) is 4.48. The zero-order valence-corrected chi connectivity index (χ0v) is 21.3. The molecule has 9 heteroatoms. The molecule has 174 valence electrons. The van der Waals surface area contributed by atoms with Crippen molar-refractivity contribution < 1.29 is 14.3 Å². The van der Waals surface area contributed by atoms with Crippen LogP contribution in [0, 0.1) is 0 Å². The summed E-state index contributed by atoms with van der Waals surface area (Å²) in [5, 5.41) is 9.11. The maximum Gasteiger partial charge on any atom is 0.407 e. The fraction of sp³-hybridized carbons (Fsp3) is 0.591. The van der Waals surface area contributed by atoms with Crippen molar-refractivity contribution in [1.29, 1.82) is 0 Å². The van der Waals surface area contributed by atoms with Crippen LogP contribution < -0.4 is 16.0 Å². The van der Waals surface area contributed by atoms with Crippen LogP contribution in [0.25, 0.3) is 0 Å². The summed E-state index contributed by atoms with van der Waals surface area (Å²) in [6, 6.07) is 9.84. The highest BCUT2D eigenvalue weighted by Gasteiger charge is 2.27. The Balaban J connectivity index is 0.00000480. The smallest absolute Gasteiger partial charge is 0.407 e. The van der Waals surface area contributed by atoms with E-state index in [4.69, 9.17) is 4.74 Å². The third kappa shape index (κ3) is 10.7. The van der Waals surface area contributed by atoms with Crippen LogP contribution in [-0.2, 0) is 16.1 Å². The van der Waals surface area contributed by atoms with Crippen molar-refractivity contribution in [2.24, 2.45) is 4.99 Å². The number of amides is 2. The van der Waals surface area contributed by atoms with Crippen LogP contribution in [0.4, 0.5) is 4.79 Å². The second-order valence-electron chi connectivity index (χ2n) is 8.33. The van der Waals surface area contributed by atoms with Crippen LogP contribution in [-0.4, -0.2) is 60.7 Å². The lowest BCUT2D eigenvalue weighted by atomic mass is 10.2. The van der Waals surface area contributed by atoms with Crippen molar-refractivity contribution in [3.05, 3.63) is 35.9 Å². The van der Waals surface area contributed by atoms with Crippen LogP contribution in [0.3, 0.4) is 0 Å².